The third-order valence-corrected chi connectivity index (χ3v) is 13.5. The molecule has 9 nitrogen and oxygen atoms in total. The van der Waals surface area contributed by atoms with Crippen LogP contribution in [0.2, 0.25) is 19.1 Å². The molecule has 0 aliphatic rings. The number of aromatic nitrogens is 4. The molecule has 0 bridgehead atoms. The Morgan fingerprint density at radius 3 is 2.33 bits per heavy atom. The largest absolute Gasteiger partial charge is 0.382 e. The fraction of sp³-hybridized carbons (Fsp3) is 0.645. The highest BCUT2D eigenvalue weighted by Crippen LogP contribution is 2.42. The summed E-state index contributed by atoms with van der Waals surface area (Å²) in [7, 11) is -5.06. The van der Waals surface area contributed by atoms with Crippen LogP contribution in [-0.4, -0.2) is 63.1 Å². The van der Waals surface area contributed by atoms with Crippen molar-refractivity contribution in [3.8, 4) is 0 Å². The van der Waals surface area contributed by atoms with Crippen molar-refractivity contribution in [2.24, 2.45) is 0 Å². The van der Waals surface area contributed by atoms with Gasteiger partial charge in [-0.05, 0) is 31.3 Å². The predicted octanol–water partition coefficient (Wildman–Crippen LogP) is 7.22. The van der Waals surface area contributed by atoms with E-state index in [-0.39, 0.29) is 19.1 Å². The number of nitrogens with zero attached hydrogens (tertiary/aromatic N) is 4. The molecule has 3 aromatic rings. The Hall–Kier alpha value is -1.75. The predicted molar refractivity (Wildman–Crippen MR) is 183 cm³/mol. The van der Waals surface area contributed by atoms with Gasteiger partial charge in [0, 0.05) is 0 Å². The van der Waals surface area contributed by atoms with Gasteiger partial charge in [-0.25, -0.2) is 15.0 Å². The fourth-order valence-corrected chi connectivity index (χ4v) is 9.52. The van der Waals surface area contributed by atoms with Gasteiger partial charge in [0.25, 0.3) is 0 Å². The van der Waals surface area contributed by atoms with Gasteiger partial charge < -0.3 is 24.5 Å². The zero-order valence-electron chi connectivity index (χ0n) is 26.3. The summed E-state index contributed by atoms with van der Waals surface area (Å²) in [5.74, 6) is 2.38. The van der Waals surface area contributed by atoms with Crippen molar-refractivity contribution in [1.82, 2.24) is 19.5 Å². The average molecular weight is 650 g/mol. The molecular weight excluding hydrogens is 597 g/mol. The van der Waals surface area contributed by atoms with Gasteiger partial charge in [0.15, 0.2) is 11.5 Å². The molecule has 0 spiro atoms. The number of nitrogens with two attached hydrogens (primary N) is 1. The van der Waals surface area contributed by atoms with Gasteiger partial charge in [-0.3, -0.25) is 4.57 Å². The molecule has 3 N–H and O–H groups in total. The third-order valence-electron chi connectivity index (χ3n) is 7.78. The van der Waals surface area contributed by atoms with Crippen LogP contribution in [0.1, 0.15) is 71.1 Å². The number of rotatable bonds is 23. The molecule has 0 aliphatic heterocycles. The molecule has 0 amide bonds. The zero-order valence-corrected chi connectivity index (χ0v) is 29.0. The summed E-state index contributed by atoms with van der Waals surface area (Å²) in [6.45, 7) is 7.50. The molecule has 240 valence electrons. The highest BCUT2D eigenvalue weighted by molar-refractivity contribution is 7.99. The minimum atomic E-state index is -3.80. The van der Waals surface area contributed by atoms with Crippen LogP contribution in [0.5, 0.6) is 0 Å². The summed E-state index contributed by atoms with van der Waals surface area (Å²) >= 11 is 1.90. The van der Waals surface area contributed by atoms with Crippen molar-refractivity contribution in [2.45, 2.75) is 103 Å². The van der Waals surface area contributed by atoms with Gasteiger partial charge in [0.1, 0.15) is 18.2 Å². The monoisotopic (exact) mass is 649 g/mol. The first-order chi connectivity index (χ1) is 20.7. The molecular formula is C31H52N5O4PSSi. The zero-order chi connectivity index (χ0) is 31.0. The second kappa shape index (κ2) is 18.9. The smallest absolute Gasteiger partial charge is 0.353 e. The Morgan fingerprint density at radius 1 is 0.953 bits per heavy atom. The first-order valence-corrected chi connectivity index (χ1v) is 21.9. The molecule has 0 radical (unpaired) electrons. The van der Waals surface area contributed by atoms with Crippen LogP contribution in [0.15, 0.2) is 43.0 Å². The third kappa shape index (κ3) is 13.4. The molecule has 1 unspecified atom stereocenters. The molecule has 2 heterocycles. The average Bonchev–Trinajstić information content (AvgIpc) is 3.40. The maximum Gasteiger partial charge on any atom is 0.353 e. The van der Waals surface area contributed by atoms with Gasteiger partial charge in [-0.15, -0.1) is 0 Å². The molecule has 0 saturated carbocycles. The van der Waals surface area contributed by atoms with Crippen LogP contribution in [-0.2, 0) is 20.4 Å². The second-order valence-corrected chi connectivity index (χ2v) is 19.9. The molecule has 1 aromatic carbocycles. The normalized spacial score (nSPS) is 14.2. The van der Waals surface area contributed by atoms with Crippen LogP contribution in [0.4, 0.5) is 5.82 Å². The quantitative estimate of drug-likeness (QED) is 0.0622. The number of nitrogen functional groups attached to an aromatic ring is 1. The van der Waals surface area contributed by atoms with Crippen LogP contribution in [0, 0.1) is 0 Å². The van der Waals surface area contributed by atoms with E-state index in [0.717, 1.165) is 17.9 Å². The highest BCUT2D eigenvalue weighted by Gasteiger charge is 2.23. The number of fused-ring (bicyclic) bond motifs is 1. The fourth-order valence-electron chi connectivity index (χ4n) is 5.13. The second-order valence-electron chi connectivity index (χ2n) is 12.1. The Labute approximate surface area is 263 Å². The lowest BCUT2D eigenvalue weighted by Gasteiger charge is -2.22. The first kappa shape index (κ1) is 35.7. The van der Waals surface area contributed by atoms with E-state index in [2.05, 4.69) is 58.4 Å². The highest BCUT2D eigenvalue weighted by atomic mass is 32.2. The molecule has 2 atom stereocenters. The van der Waals surface area contributed by atoms with Crippen LogP contribution < -0.4 is 10.9 Å². The SMILES string of the molecule is C[C@H](Cn1cnc2c(N)ncnc21)OCP(=O)(O)OCCCSCCCCCCCCCCC[Si](C)(C)c1ccccc1. The van der Waals surface area contributed by atoms with Crippen molar-refractivity contribution >= 4 is 49.6 Å². The summed E-state index contributed by atoms with van der Waals surface area (Å²) in [6, 6.07) is 12.5. The van der Waals surface area contributed by atoms with E-state index in [9.17, 15) is 9.46 Å². The number of imidazole rings is 1. The number of ether oxygens (including phenoxy) is 1. The van der Waals surface area contributed by atoms with Crippen molar-refractivity contribution in [2.75, 3.05) is 30.2 Å². The van der Waals surface area contributed by atoms with E-state index in [4.69, 9.17) is 15.0 Å². The molecule has 0 saturated heterocycles. The number of anilines is 1. The minimum absolute atomic E-state index is 0.257. The van der Waals surface area contributed by atoms with E-state index in [0.29, 0.717) is 23.5 Å². The van der Waals surface area contributed by atoms with Gasteiger partial charge in [0.2, 0.25) is 0 Å². The van der Waals surface area contributed by atoms with E-state index >= 15 is 0 Å². The van der Waals surface area contributed by atoms with Crippen molar-refractivity contribution in [3.05, 3.63) is 43.0 Å². The minimum Gasteiger partial charge on any atom is -0.382 e. The van der Waals surface area contributed by atoms with Gasteiger partial charge in [-0.2, -0.15) is 11.8 Å². The summed E-state index contributed by atoms with van der Waals surface area (Å²) in [4.78, 5) is 22.5. The van der Waals surface area contributed by atoms with Crippen LogP contribution in [0.3, 0.4) is 0 Å². The van der Waals surface area contributed by atoms with E-state index < -0.39 is 15.7 Å². The lowest BCUT2D eigenvalue weighted by atomic mass is 10.1. The molecule has 0 aliphatic carbocycles. The first-order valence-electron chi connectivity index (χ1n) is 15.8. The standard InChI is InChI=1S/C31H52N5O4PSSi/c1-27(23-36-25-35-29-30(32)33-24-34-31(29)36)39-26-41(37,38)40-19-16-21-42-20-14-9-7-5-4-6-8-10-15-22-43(2,3)28-17-12-11-13-18-28/h11-13,17-18,24-25,27H,4-10,14-16,19-23,26H2,1-3H3,(H,37,38)(H2,32,33,34)/t27-/m1/s1. The van der Waals surface area contributed by atoms with Gasteiger partial charge in [-0.1, -0.05) is 106 Å². The van der Waals surface area contributed by atoms with Crippen molar-refractivity contribution in [1.29, 1.82) is 0 Å². The van der Waals surface area contributed by atoms with Crippen molar-refractivity contribution in [3.63, 3.8) is 0 Å². The molecule has 43 heavy (non-hydrogen) atoms. The number of unbranched alkanes of at least 4 members (excludes halogenated alkanes) is 8. The lowest BCUT2D eigenvalue weighted by molar-refractivity contribution is 0.0718. The number of hydrogen-bond acceptors (Lipinski definition) is 8. The van der Waals surface area contributed by atoms with Crippen molar-refractivity contribution < 1.29 is 18.7 Å². The Morgan fingerprint density at radius 2 is 1.60 bits per heavy atom. The Bertz CT molecular complexity index is 1250. The summed E-state index contributed by atoms with van der Waals surface area (Å²) < 4.78 is 25.0. The van der Waals surface area contributed by atoms with E-state index in [1.165, 1.54) is 70.2 Å². The molecule has 12 heteroatoms. The van der Waals surface area contributed by atoms with Crippen LogP contribution >= 0.6 is 19.4 Å². The summed E-state index contributed by atoms with van der Waals surface area (Å²) in [6.07, 6.45) is 15.1. The number of hydrogen-bond donors (Lipinski definition) is 2. The lowest BCUT2D eigenvalue weighted by Crippen LogP contribution is -2.40. The maximum absolute atomic E-state index is 12.4. The molecule has 0 fully saturated rings. The Balaban J connectivity index is 1.10. The topological polar surface area (TPSA) is 125 Å². The van der Waals surface area contributed by atoms with E-state index in [1.54, 1.807) is 16.1 Å². The number of thioether (sulfide) groups is 1. The van der Waals surface area contributed by atoms with Crippen LogP contribution in [0.25, 0.3) is 11.2 Å². The van der Waals surface area contributed by atoms with Gasteiger partial charge in [0.05, 0.1) is 33.7 Å². The summed E-state index contributed by atoms with van der Waals surface area (Å²) in [5, 5.41) is 1.59. The molecule has 3 rings (SSSR count). The molecule has 2 aromatic heterocycles. The maximum atomic E-state index is 12.4. The van der Waals surface area contributed by atoms with Gasteiger partial charge >= 0.3 is 7.60 Å². The number of benzene rings is 1. The van der Waals surface area contributed by atoms with E-state index in [1.807, 2.05) is 18.7 Å². The Kier molecular flexibility index (Phi) is 15.7. The summed E-state index contributed by atoms with van der Waals surface area (Å²) in [5.41, 5.74) is 6.95.